The van der Waals surface area contributed by atoms with Gasteiger partial charge in [-0.15, -0.1) is 0 Å². The average molecular weight is 502 g/mol. The van der Waals surface area contributed by atoms with Crippen LogP contribution in [0.4, 0.5) is 5.69 Å². The molecular weight excluding hydrogens is 470 g/mol. The summed E-state index contributed by atoms with van der Waals surface area (Å²) in [5, 5.41) is 0. The Labute approximate surface area is 223 Å². The number of benzene rings is 4. The van der Waals surface area contributed by atoms with Crippen LogP contribution in [-0.2, 0) is 16.1 Å². The Morgan fingerprint density at radius 3 is 1.97 bits per heavy atom. The predicted octanol–water partition coefficient (Wildman–Crippen LogP) is 7.48. The number of nitrogens with two attached hydrogens (primary N) is 1. The Bertz CT molecular complexity index is 1570. The number of hydrogen-bond donors (Lipinski definition) is 1. The molecule has 0 bridgehead atoms. The van der Waals surface area contributed by atoms with E-state index in [0.717, 1.165) is 39.2 Å². The van der Waals surface area contributed by atoms with Crippen LogP contribution >= 0.6 is 0 Å². The molecule has 5 aromatic rings. The number of anilines is 1. The zero-order valence-electron chi connectivity index (χ0n) is 21.9. The molecule has 0 aliphatic carbocycles. The lowest BCUT2D eigenvalue weighted by molar-refractivity contribution is -0.155. The molecule has 0 amide bonds. The minimum atomic E-state index is -0.605. The quantitative estimate of drug-likeness (QED) is 0.193. The van der Waals surface area contributed by atoms with E-state index in [0.29, 0.717) is 11.5 Å². The second-order valence-electron chi connectivity index (χ2n) is 10.2. The molecule has 0 unspecified atom stereocenters. The first-order valence-electron chi connectivity index (χ1n) is 12.7. The molecule has 0 saturated heterocycles. The summed E-state index contributed by atoms with van der Waals surface area (Å²) < 4.78 is 7.75. The number of carbonyl (C=O) groups is 1. The largest absolute Gasteiger partial charge is 0.459 e. The SMILES string of the molecule is CC(C)(C)OC(=O)Cn1c(-c2ccccc2-c2cccc(N)c2)nc(-c2ccccc2)c1-c1ccccc1. The van der Waals surface area contributed by atoms with Crippen LogP contribution in [0.25, 0.3) is 45.0 Å². The normalized spacial score (nSPS) is 11.3. The van der Waals surface area contributed by atoms with Gasteiger partial charge in [0.1, 0.15) is 18.0 Å². The third-order valence-electron chi connectivity index (χ3n) is 6.13. The second-order valence-corrected chi connectivity index (χ2v) is 10.2. The van der Waals surface area contributed by atoms with Crippen molar-refractivity contribution in [3.05, 3.63) is 109 Å². The molecule has 0 atom stereocenters. The van der Waals surface area contributed by atoms with Crippen molar-refractivity contribution >= 4 is 11.7 Å². The standard InChI is InChI=1S/C33H31N3O2/c1-33(2,3)38-29(37)22-36-31(24-15-8-5-9-16-24)30(23-13-6-4-7-14-23)35-32(36)28-20-11-10-19-27(28)25-17-12-18-26(34)21-25/h4-21H,22,34H2,1-3H3. The highest BCUT2D eigenvalue weighted by molar-refractivity contribution is 5.88. The van der Waals surface area contributed by atoms with E-state index in [-0.39, 0.29) is 12.5 Å². The number of imidazole rings is 1. The molecule has 0 radical (unpaired) electrons. The van der Waals surface area contributed by atoms with Gasteiger partial charge in [-0.25, -0.2) is 4.98 Å². The molecule has 38 heavy (non-hydrogen) atoms. The summed E-state index contributed by atoms with van der Waals surface area (Å²) in [6, 6.07) is 36.0. The van der Waals surface area contributed by atoms with E-state index >= 15 is 0 Å². The highest BCUT2D eigenvalue weighted by Gasteiger charge is 2.26. The molecule has 2 N–H and O–H groups in total. The van der Waals surface area contributed by atoms with Crippen molar-refractivity contribution in [3.8, 4) is 45.0 Å². The number of aromatic nitrogens is 2. The van der Waals surface area contributed by atoms with Crippen molar-refractivity contribution in [2.45, 2.75) is 32.9 Å². The Morgan fingerprint density at radius 2 is 1.34 bits per heavy atom. The van der Waals surface area contributed by atoms with Gasteiger partial charge < -0.3 is 15.0 Å². The Hall–Kier alpha value is -4.64. The van der Waals surface area contributed by atoms with E-state index in [2.05, 4.69) is 6.07 Å². The maximum absolute atomic E-state index is 13.3. The summed E-state index contributed by atoms with van der Waals surface area (Å²) in [5.41, 5.74) is 12.7. The summed E-state index contributed by atoms with van der Waals surface area (Å²) in [4.78, 5) is 18.5. The molecule has 190 valence electrons. The molecular formula is C33H31N3O2. The fourth-order valence-corrected chi connectivity index (χ4v) is 4.64. The van der Waals surface area contributed by atoms with Crippen molar-refractivity contribution in [1.82, 2.24) is 9.55 Å². The maximum Gasteiger partial charge on any atom is 0.326 e. The second kappa shape index (κ2) is 10.4. The van der Waals surface area contributed by atoms with Crippen LogP contribution in [0.5, 0.6) is 0 Å². The van der Waals surface area contributed by atoms with Gasteiger partial charge in [0.15, 0.2) is 0 Å². The highest BCUT2D eigenvalue weighted by atomic mass is 16.6. The van der Waals surface area contributed by atoms with Crippen LogP contribution in [0.15, 0.2) is 109 Å². The third-order valence-corrected chi connectivity index (χ3v) is 6.13. The molecule has 1 heterocycles. The average Bonchev–Trinajstić information content (AvgIpc) is 3.27. The van der Waals surface area contributed by atoms with E-state index in [1.807, 2.05) is 128 Å². The molecule has 5 heteroatoms. The minimum absolute atomic E-state index is 0.0158. The zero-order valence-corrected chi connectivity index (χ0v) is 21.9. The highest BCUT2D eigenvalue weighted by Crippen LogP contribution is 2.39. The van der Waals surface area contributed by atoms with Crippen LogP contribution in [-0.4, -0.2) is 21.1 Å². The van der Waals surface area contributed by atoms with Gasteiger partial charge in [-0.3, -0.25) is 4.79 Å². The summed E-state index contributed by atoms with van der Waals surface area (Å²) in [6.45, 7) is 5.65. The monoisotopic (exact) mass is 501 g/mol. The molecule has 0 fully saturated rings. The van der Waals surface area contributed by atoms with Gasteiger partial charge in [-0.1, -0.05) is 97.1 Å². The summed E-state index contributed by atoms with van der Waals surface area (Å²) in [7, 11) is 0. The van der Waals surface area contributed by atoms with E-state index in [9.17, 15) is 4.79 Å². The number of ether oxygens (including phenoxy) is 1. The van der Waals surface area contributed by atoms with E-state index in [1.54, 1.807) is 0 Å². The van der Waals surface area contributed by atoms with Gasteiger partial charge in [0.05, 0.1) is 11.4 Å². The van der Waals surface area contributed by atoms with Crippen molar-refractivity contribution in [1.29, 1.82) is 0 Å². The predicted molar refractivity (Wildman–Crippen MR) is 154 cm³/mol. The number of rotatable bonds is 6. The number of nitrogen functional groups attached to an aromatic ring is 1. The molecule has 5 nitrogen and oxygen atoms in total. The van der Waals surface area contributed by atoms with Crippen molar-refractivity contribution in [3.63, 3.8) is 0 Å². The molecule has 0 saturated carbocycles. The van der Waals surface area contributed by atoms with Crippen molar-refractivity contribution in [2.75, 3.05) is 5.73 Å². The zero-order chi connectivity index (χ0) is 26.7. The molecule has 1 aromatic heterocycles. The number of carbonyl (C=O) groups excluding carboxylic acids is 1. The topological polar surface area (TPSA) is 70.1 Å². The van der Waals surface area contributed by atoms with Crippen molar-refractivity contribution < 1.29 is 9.53 Å². The fourth-order valence-electron chi connectivity index (χ4n) is 4.64. The Morgan fingerprint density at radius 1 is 0.763 bits per heavy atom. The van der Waals surface area contributed by atoms with Gasteiger partial charge in [-0.2, -0.15) is 0 Å². The molecule has 0 spiro atoms. The first-order valence-corrected chi connectivity index (χ1v) is 12.7. The minimum Gasteiger partial charge on any atom is -0.459 e. The van der Waals surface area contributed by atoms with E-state index < -0.39 is 5.60 Å². The number of esters is 1. The third kappa shape index (κ3) is 5.37. The number of nitrogens with zero attached hydrogens (tertiary/aromatic N) is 2. The molecule has 4 aromatic carbocycles. The Kier molecular flexibility index (Phi) is 6.84. The van der Waals surface area contributed by atoms with Gasteiger partial charge in [-0.05, 0) is 44.0 Å². The summed E-state index contributed by atoms with van der Waals surface area (Å²) in [6.07, 6.45) is 0. The Balaban J connectivity index is 1.79. The van der Waals surface area contributed by atoms with Crippen LogP contribution in [0.1, 0.15) is 20.8 Å². The summed E-state index contributed by atoms with van der Waals surface area (Å²) >= 11 is 0. The van der Waals surface area contributed by atoms with Gasteiger partial charge in [0.25, 0.3) is 0 Å². The lowest BCUT2D eigenvalue weighted by Crippen LogP contribution is -2.27. The van der Waals surface area contributed by atoms with Crippen LogP contribution in [0, 0.1) is 0 Å². The maximum atomic E-state index is 13.3. The van der Waals surface area contributed by atoms with E-state index in [4.69, 9.17) is 15.5 Å². The lowest BCUT2D eigenvalue weighted by Gasteiger charge is -2.21. The molecule has 5 rings (SSSR count). The first kappa shape index (κ1) is 25.0. The van der Waals surface area contributed by atoms with Crippen LogP contribution in [0.2, 0.25) is 0 Å². The first-order chi connectivity index (χ1) is 18.3. The van der Waals surface area contributed by atoms with Crippen LogP contribution in [0.3, 0.4) is 0 Å². The lowest BCUT2D eigenvalue weighted by atomic mass is 9.98. The van der Waals surface area contributed by atoms with Gasteiger partial charge in [0, 0.05) is 22.4 Å². The smallest absolute Gasteiger partial charge is 0.326 e. The van der Waals surface area contributed by atoms with Crippen LogP contribution < -0.4 is 5.73 Å². The van der Waals surface area contributed by atoms with Gasteiger partial charge >= 0.3 is 5.97 Å². The fraction of sp³-hybridized carbons (Fsp3) is 0.152. The molecule has 0 aliphatic heterocycles. The summed E-state index contributed by atoms with van der Waals surface area (Å²) in [5.74, 6) is 0.362. The molecule has 0 aliphatic rings. The van der Waals surface area contributed by atoms with E-state index in [1.165, 1.54) is 0 Å². The van der Waals surface area contributed by atoms with Gasteiger partial charge in [0.2, 0.25) is 0 Å². The number of hydrogen-bond acceptors (Lipinski definition) is 4. The van der Waals surface area contributed by atoms with Crippen molar-refractivity contribution in [2.24, 2.45) is 0 Å².